The van der Waals surface area contributed by atoms with E-state index in [9.17, 15) is 14.4 Å². The van der Waals surface area contributed by atoms with Gasteiger partial charge in [0.1, 0.15) is 6.54 Å². The van der Waals surface area contributed by atoms with E-state index in [-0.39, 0.29) is 37.1 Å². The van der Waals surface area contributed by atoms with Crippen LogP contribution >= 0.6 is 0 Å². The maximum absolute atomic E-state index is 12.4. The van der Waals surface area contributed by atoms with Crippen LogP contribution in [0.25, 0.3) is 0 Å². The second-order valence-electron chi connectivity index (χ2n) is 5.44. The molecule has 1 saturated heterocycles. The van der Waals surface area contributed by atoms with Crippen molar-refractivity contribution in [3.8, 4) is 0 Å². The molecule has 0 saturated carbocycles. The van der Waals surface area contributed by atoms with Crippen LogP contribution in [0.4, 0.5) is 0 Å². The zero-order valence-electron chi connectivity index (χ0n) is 13.0. The summed E-state index contributed by atoms with van der Waals surface area (Å²) < 4.78 is 6.63. The van der Waals surface area contributed by atoms with E-state index in [1.165, 1.54) is 18.0 Å². The van der Waals surface area contributed by atoms with Gasteiger partial charge in [0.2, 0.25) is 5.91 Å². The van der Waals surface area contributed by atoms with Gasteiger partial charge >= 0.3 is 0 Å². The van der Waals surface area contributed by atoms with Crippen molar-refractivity contribution in [3.05, 3.63) is 28.2 Å². The second-order valence-corrected chi connectivity index (χ2v) is 5.44. The van der Waals surface area contributed by atoms with Gasteiger partial charge < -0.3 is 15.0 Å². The second kappa shape index (κ2) is 6.27. The fourth-order valence-corrected chi connectivity index (χ4v) is 2.38. The minimum absolute atomic E-state index is 0.145. The van der Waals surface area contributed by atoms with Gasteiger partial charge in [0, 0.05) is 19.7 Å². The number of carbonyl (C=O) groups is 2. The first kappa shape index (κ1) is 16.2. The molecule has 1 aromatic rings. The number of morpholine rings is 1. The van der Waals surface area contributed by atoms with Crippen LogP contribution in [0.2, 0.25) is 0 Å². The van der Waals surface area contributed by atoms with E-state index in [0.29, 0.717) is 12.2 Å². The predicted octanol–water partition coefficient (Wildman–Crippen LogP) is -1.08. The van der Waals surface area contributed by atoms with Gasteiger partial charge in [0.25, 0.3) is 11.5 Å². The molecule has 0 aromatic carbocycles. The van der Waals surface area contributed by atoms with E-state index in [1.807, 2.05) is 0 Å². The number of carbonyl (C=O) groups excluding carboxylic acids is 2. The van der Waals surface area contributed by atoms with E-state index in [2.05, 4.69) is 10.4 Å². The molecular formula is C14H20N4O4. The van der Waals surface area contributed by atoms with Crippen LogP contribution in [-0.2, 0) is 20.9 Å². The number of aryl methyl sites for hydroxylation is 1. The van der Waals surface area contributed by atoms with Crippen LogP contribution in [0.15, 0.2) is 16.9 Å². The van der Waals surface area contributed by atoms with E-state index in [4.69, 9.17) is 4.74 Å². The van der Waals surface area contributed by atoms with Crippen LogP contribution < -0.4 is 10.9 Å². The van der Waals surface area contributed by atoms with E-state index < -0.39 is 5.60 Å². The van der Waals surface area contributed by atoms with Crippen molar-refractivity contribution in [2.45, 2.75) is 26.0 Å². The maximum Gasteiger partial charge on any atom is 0.267 e. The first-order valence-corrected chi connectivity index (χ1v) is 7.04. The van der Waals surface area contributed by atoms with Crippen LogP contribution in [-0.4, -0.2) is 58.8 Å². The van der Waals surface area contributed by atoms with Crippen LogP contribution in [0.1, 0.15) is 12.6 Å². The number of hydrogen-bond donors (Lipinski definition) is 1. The summed E-state index contributed by atoms with van der Waals surface area (Å²) in [7, 11) is 1.52. The topological polar surface area (TPSA) is 93.5 Å². The zero-order chi connectivity index (χ0) is 16.3. The normalized spacial score (nSPS) is 21.5. The molecule has 1 aromatic heterocycles. The quantitative estimate of drug-likeness (QED) is 0.766. The highest BCUT2D eigenvalue weighted by Gasteiger charge is 2.40. The van der Waals surface area contributed by atoms with Gasteiger partial charge in [0.15, 0.2) is 5.60 Å². The molecule has 1 fully saturated rings. The number of likely N-dealkylation sites (N-methyl/N-ethyl adjacent to an activating group) is 1. The lowest BCUT2D eigenvalue weighted by atomic mass is 10.0. The molecule has 0 radical (unpaired) electrons. The Bertz CT molecular complexity index is 642. The van der Waals surface area contributed by atoms with Crippen molar-refractivity contribution in [2.24, 2.45) is 0 Å². The minimum atomic E-state index is -1.08. The molecule has 120 valence electrons. The number of amides is 2. The Morgan fingerprint density at radius 2 is 2.18 bits per heavy atom. The monoisotopic (exact) mass is 308 g/mol. The lowest BCUT2D eigenvalue weighted by molar-refractivity contribution is -0.162. The number of nitrogens with one attached hydrogen (secondary N) is 1. The van der Waals surface area contributed by atoms with Crippen molar-refractivity contribution in [3.63, 3.8) is 0 Å². The number of hydrogen-bond acceptors (Lipinski definition) is 5. The third-order valence-corrected chi connectivity index (χ3v) is 3.62. The standard InChI is InChI=1S/C14H20N4O4/c1-10-4-5-11(19)18(16-10)8-12(20)17-6-7-22-14(2,9-17)13(21)15-3/h4-5H,6-9H2,1-3H3,(H,15,21)/t14-/m0/s1. The summed E-state index contributed by atoms with van der Waals surface area (Å²) in [5.74, 6) is -0.547. The Kier molecular flexibility index (Phi) is 4.60. The largest absolute Gasteiger partial charge is 0.362 e. The van der Waals surface area contributed by atoms with E-state index in [0.717, 1.165) is 4.68 Å². The highest BCUT2D eigenvalue weighted by atomic mass is 16.5. The summed E-state index contributed by atoms with van der Waals surface area (Å²) in [6.07, 6.45) is 0. The van der Waals surface area contributed by atoms with Crippen molar-refractivity contribution in [2.75, 3.05) is 26.7 Å². The molecule has 0 spiro atoms. The number of ether oxygens (including phenoxy) is 1. The van der Waals surface area contributed by atoms with Crippen LogP contribution in [0.5, 0.6) is 0 Å². The van der Waals surface area contributed by atoms with Gasteiger partial charge in [0.05, 0.1) is 18.8 Å². The summed E-state index contributed by atoms with van der Waals surface area (Å²) >= 11 is 0. The Morgan fingerprint density at radius 1 is 1.45 bits per heavy atom. The summed E-state index contributed by atoms with van der Waals surface area (Å²) in [5, 5.41) is 6.57. The molecular weight excluding hydrogens is 288 g/mol. The first-order valence-electron chi connectivity index (χ1n) is 7.04. The summed E-state index contributed by atoms with van der Waals surface area (Å²) in [6.45, 7) is 4.04. The fraction of sp³-hybridized carbons (Fsp3) is 0.571. The first-order chi connectivity index (χ1) is 10.4. The minimum Gasteiger partial charge on any atom is -0.362 e. The molecule has 22 heavy (non-hydrogen) atoms. The maximum atomic E-state index is 12.4. The fourth-order valence-electron chi connectivity index (χ4n) is 2.38. The summed E-state index contributed by atoms with van der Waals surface area (Å²) in [6, 6.07) is 2.98. The van der Waals surface area contributed by atoms with Gasteiger partial charge in [-0.05, 0) is 19.9 Å². The highest BCUT2D eigenvalue weighted by Crippen LogP contribution is 2.18. The predicted molar refractivity (Wildman–Crippen MR) is 78.2 cm³/mol. The van der Waals surface area contributed by atoms with E-state index >= 15 is 0 Å². The molecule has 1 atom stereocenters. The smallest absolute Gasteiger partial charge is 0.267 e. The van der Waals surface area contributed by atoms with Crippen molar-refractivity contribution in [1.29, 1.82) is 0 Å². The Labute approximate surface area is 128 Å². The van der Waals surface area contributed by atoms with Crippen molar-refractivity contribution in [1.82, 2.24) is 20.0 Å². The Hall–Kier alpha value is -2.22. The molecule has 8 nitrogen and oxygen atoms in total. The third kappa shape index (κ3) is 3.33. The molecule has 1 N–H and O–H groups in total. The molecule has 1 aliphatic heterocycles. The number of nitrogens with zero attached hydrogens (tertiary/aromatic N) is 3. The summed E-state index contributed by atoms with van der Waals surface area (Å²) in [4.78, 5) is 37.5. The Balaban J connectivity index is 2.11. The average Bonchev–Trinajstić information content (AvgIpc) is 2.50. The number of rotatable bonds is 3. The van der Waals surface area contributed by atoms with Gasteiger partial charge in [-0.3, -0.25) is 14.4 Å². The number of aromatic nitrogens is 2. The molecule has 0 bridgehead atoms. The SMILES string of the molecule is CNC(=O)[C@]1(C)CN(C(=O)Cn2nc(C)ccc2=O)CCO1. The molecule has 2 rings (SSSR count). The molecule has 2 amide bonds. The van der Waals surface area contributed by atoms with E-state index in [1.54, 1.807) is 19.9 Å². The van der Waals surface area contributed by atoms with Gasteiger partial charge in [-0.15, -0.1) is 0 Å². The van der Waals surface area contributed by atoms with Gasteiger partial charge in [-0.1, -0.05) is 0 Å². The molecule has 0 aliphatic carbocycles. The van der Waals surface area contributed by atoms with Crippen molar-refractivity contribution >= 4 is 11.8 Å². The van der Waals surface area contributed by atoms with Crippen molar-refractivity contribution < 1.29 is 14.3 Å². The molecule has 2 heterocycles. The zero-order valence-corrected chi connectivity index (χ0v) is 13.0. The van der Waals surface area contributed by atoms with Crippen LogP contribution in [0, 0.1) is 6.92 Å². The Morgan fingerprint density at radius 3 is 2.86 bits per heavy atom. The lowest BCUT2D eigenvalue weighted by Crippen LogP contribution is -2.59. The van der Waals surface area contributed by atoms with Crippen LogP contribution in [0.3, 0.4) is 0 Å². The molecule has 8 heteroatoms. The average molecular weight is 308 g/mol. The molecule has 0 unspecified atom stereocenters. The van der Waals surface area contributed by atoms with Gasteiger partial charge in [-0.2, -0.15) is 5.10 Å². The highest BCUT2D eigenvalue weighted by molar-refractivity contribution is 5.86. The summed E-state index contributed by atoms with van der Waals surface area (Å²) in [5.41, 5.74) is -0.751. The van der Waals surface area contributed by atoms with Gasteiger partial charge in [-0.25, -0.2) is 4.68 Å². The third-order valence-electron chi connectivity index (χ3n) is 3.62. The molecule has 1 aliphatic rings. The lowest BCUT2D eigenvalue weighted by Gasteiger charge is -2.39.